The zero-order chi connectivity index (χ0) is 39.2. The number of piperazine rings is 1. The molecule has 5 fully saturated rings. The molecule has 4 N–H and O–H groups in total. The molecule has 4 heterocycles. The van der Waals surface area contributed by atoms with Crippen LogP contribution in [0.1, 0.15) is 119 Å². The van der Waals surface area contributed by atoms with Crippen LogP contribution >= 0.6 is 0 Å². The number of anilines is 4. The maximum Gasteiger partial charge on any atom is 1.00 e. The van der Waals surface area contributed by atoms with E-state index in [2.05, 4.69) is 66.9 Å². The third-order valence-electron chi connectivity index (χ3n) is 12.6. The van der Waals surface area contributed by atoms with Crippen molar-refractivity contribution in [2.24, 2.45) is 5.92 Å². The molecule has 2 atom stereocenters. The Morgan fingerprint density at radius 1 is 0.912 bits per heavy atom. The van der Waals surface area contributed by atoms with Crippen LogP contribution in [0.3, 0.4) is 0 Å². The van der Waals surface area contributed by atoms with Crippen molar-refractivity contribution in [2.75, 3.05) is 41.7 Å². The number of amides is 3. The van der Waals surface area contributed by atoms with Gasteiger partial charge in [0.05, 0.1) is 17.4 Å². The Hall–Kier alpha value is -3.13. The molecule has 0 bridgehead atoms. The maximum atomic E-state index is 12.1. The summed E-state index contributed by atoms with van der Waals surface area (Å²) in [5.74, 6) is 1.55. The van der Waals surface area contributed by atoms with Crippen molar-refractivity contribution in [3.05, 3.63) is 65.4 Å². The molecule has 3 aromatic rings. The molecule has 0 radical (unpaired) electrons. The Balaban J connectivity index is 0.000000166. The number of nitrogens with zero attached hydrogens (tertiary/aromatic N) is 4. The van der Waals surface area contributed by atoms with Crippen molar-refractivity contribution in [1.82, 2.24) is 20.2 Å². The molecule has 2 unspecified atom stereocenters. The Kier molecular flexibility index (Phi) is 15.1. The first kappa shape index (κ1) is 43.4. The fourth-order valence-corrected chi connectivity index (χ4v) is 9.21. The van der Waals surface area contributed by atoms with Crippen molar-refractivity contribution in [3.63, 3.8) is 0 Å². The molecular formula is C44H58N7NaO4S. The molecule has 3 aliphatic heterocycles. The van der Waals surface area contributed by atoms with Crippen LogP contribution in [0.2, 0.25) is 0 Å². The summed E-state index contributed by atoms with van der Waals surface area (Å²) in [4.78, 5) is 50.1. The second-order valence-electron chi connectivity index (χ2n) is 16.8. The van der Waals surface area contributed by atoms with Crippen molar-refractivity contribution in [1.29, 1.82) is 0 Å². The van der Waals surface area contributed by atoms with E-state index < -0.39 is 0 Å². The molecule has 2 saturated heterocycles. The van der Waals surface area contributed by atoms with E-state index in [1.807, 2.05) is 25.1 Å². The molecular weight excluding hydrogens is 746 g/mol. The number of aliphatic hydroxyl groups is 1. The van der Waals surface area contributed by atoms with Gasteiger partial charge in [0.25, 0.3) is 0 Å². The number of nitrogens with one attached hydrogen (secondary N) is 3. The van der Waals surface area contributed by atoms with Gasteiger partial charge < -0.3 is 33.3 Å². The molecule has 11 nitrogen and oxygen atoms in total. The van der Waals surface area contributed by atoms with Crippen LogP contribution in [-0.4, -0.2) is 76.0 Å². The first-order valence-corrected chi connectivity index (χ1v) is 21.3. The van der Waals surface area contributed by atoms with E-state index >= 15 is 0 Å². The fourth-order valence-electron chi connectivity index (χ4n) is 8.97. The molecule has 3 saturated carbocycles. The average Bonchev–Trinajstić information content (AvgIpc) is 3.96. The first-order valence-electron chi connectivity index (χ1n) is 20.9. The van der Waals surface area contributed by atoms with E-state index in [1.165, 1.54) is 63.6 Å². The molecule has 1 spiro atoms. The minimum atomic E-state index is -0.340. The summed E-state index contributed by atoms with van der Waals surface area (Å²) in [5.41, 5.74) is 4.78. The van der Waals surface area contributed by atoms with Gasteiger partial charge in [0.2, 0.25) is 23.7 Å². The Morgan fingerprint density at radius 2 is 1.61 bits per heavy atom. The summed E-state index contributed by atoms with van der Waals surface area (Å²) in [7, 11) is 0. The summed E-state index contributed by atoms with van der Waals surface area (Å²) in [6.45, 7) is 8.86. The van der Waals surface area contributed by atoms with Gasteiger partial charge in [0.1, 0.15) is 5.82 Å². The Morgan fingerprint density at radius 3 is 2.23 bits per heavy atom. The van der Waals surface area contributed by atoms with Crippen molar-refractivity contribution in [3.8, 4) is 0 Å². The van der Waals surface area contributed by atoms with E-state index in [0.29, 0.717) is 30.6 Å². The smallest absolute Gasteiger partial charge is 0.780 e. The van der Waals surface area contributed by atoms with Gasteiger partial charge in [0.15, 0.2) is 0 Å². The number of hydrogen-bond acceptors (Lipinski definition) is 10. The summed E-state index contributed by atoms with van der Waals surface area (Å²) < 4.78 is 0. The second kappa shape index (κ2) is 19.7. The fraction of sp³-hybridized carbons (Fsp3) is 0.568. The first-order chi connectivity index (χ1) is 27.1. The Labute approximate surface area is 365 Å². The van der Waals surface area contributed by atoms with Crippen LogP contribution in [0.15, 0.2) is 53.6 Å². The van der Waals surface area contributed by atoms with Crippen LogP contribution in [0, 0.1) is 12.8 Å². The minimum Gasteiger partial charge on any atom is -0.780 e. The number of aliphatic hydroxyl groups excluding tert-OH is 1. The van der Waals surface area contributed by atoms with Crippen LogP contribution < -0.4 is 50.4 Å². The van der Waals surface area contributed by atoms with Gasteiger partial charge in [-0.25, -0.2) is 4.98 Å². The van der Waals surface area contributed by atoms with Gasteiger partial charge in [-0.3, -0.25) is 24.6 Å². The van der Waals surface area contributed by atoms with E-state index in [4.69, 9.17) is 17.7 Å². The summed E-state index contributed by atoms with van der Waals surface area (Å²) in [6, 6.07) is 14.7. The van der Waals surface area contributed by atoms with Gasteiger partial charge in [0, 0.05) is 61.8 Å². The number of aromatic nitrogens is 2. The van der Waals surface area contributed by atoms with Crippen molar-refractivity contribution < 1.29 is 49.0 Å². The number of carbonyl (C=O) groups is 3. The zero-order valence-electron chi connectivity index (χ0n) is 34.0. The SMILES string of the molecule is CC1CN(c2ccc(C3CCC(=O)NC3=O)cc2)CCN1CC1CCCCC1.Cc1cc([S-])ccc1Nc1ncc2c(n1)NC(=O)C21CC1.OC1CCCCC1.[Na+]. The molecule has 3 aliphatic carbocycles. The summed E-state index contributed by atoms with van der Waals surface area (Å²) in [6.07, 6.45) is 17.6. The molecule has 57 heavy (non-hydrogen) atoms. The van der Waals surface area contributed by atoms with Gasteiger partial charge in [-0.05, 0) is 94.0 Å². The zero-order valence-corrected chi connectivity index (χ0v) is 36.8. The molecule has 300 valence electrons. The standard InChI is InChI=1S/C23H33N3O2.C15H14N4OS.C6H12O.Na/c1-17-15-26(14-13-25(17)16-18-5-3-2-4-6-18)20-9-7-19(8-10-20)21-11-12-22(27)24-23(21)28;1-8-6-9(21)2-3-11(8)17-14-16-7-10-12(19-14)18-13(20)15(10)4-5-15;7-6-4-2-1-3-5-6;/h7-10,17-18,21H,2-6,11-16H2,1H3,(H,24,27,28);2-3,6-7,21H,4-5H2,1H3,(H2,16,17,18,19,20);6-7H,1-5H2;/q;;;+1/p-1. The van der Waals surface area contributed by atoms with E-state index in [0.717, 1.165) is 78.5 Å². The van der Waals surface area contributed by atoms with Crippen LogP contribution in [0.25, 0.3) is 0 Å². The number of carbonyl (C=O) groups excluding carboxylic acids is 3. The number of imide groups is 1. The molecule has 6 aliphatic rings. The van der Waals surface area contributed by atoms with E-state index in [1.54, 1.807) is 6.20 Å². The van der Waals surface area contributed by atoms with Crippen LogP contribution in [0.4, 0.5) is 23.1 Å². The third kappa shape index (κ3) is 10.9. The number of rotatable bonds is 6. The van der Waals surface area contributed by atoms with Crippen LogP contribution in [-0.2, 0) is 32.4 Å². The summed E-state index contributed by atoms with van der Waals surface area (Å²) in [5, 5.41) is 17.4. The third-order valence-corrected chi connectivity index (χ3v) is 12.9. The average molecular weight is 804 g/mol. The molecule has 9 rings (SSSR count). The van der Waals surface area contributed by atoms with Gasteiger partial charge in [-0.2, -0.15) is 9.88 Å². The number of hydrogen-bond donors (Lipinski definition) is 4. The Bertz CT molecular complexity index is 1860. The quantitative estimate of drug-likeness (QED) is 0.164. The number of piperidine rings is 1. The molecule has 2 aromatic carbocycles. The monoisotopic (exact) mass is 803 g/mol. The number of fused-ring (bicyclic) bond motifs is 2. The van der Waals surface area contributed by atoms with Crippen molar-refractivity contribution >= 4 is 53.5 Å². The maximum absolute atomic E-state index is 12.1. The molecule has 1 aromatic heterocycles. The van der Waals surface area contributed by atoms with Crippen LogP contribution in [0.5, 0.6) is 0 Å². The molecule has 3 amide bonds. The largest absolute Gasteiger partial charge is 1.00 e. The molecule has 13 heteroatoms. The predicted molar refractivity (Wildman–Crippen MR) is 222 cm³/mol. The number of aryl methyl sites for hydroxylation is 1. The summed E-state index contributed by atoms with van der Waals surface area (Å²) >= 11 is 5.13. The predicted octanol–water partition coefficient (Wildman–Crippen LogP) is 4.03. The van der Waals surface area contributed by atoms with E-state index in [9.17, 15) is 14.4 Å². The second-order valence-corrected chi connectivity index (χ2v) is 17.2. The van der Waals surface area contributed by atoms with Gasteiger partial charge in [-0.15, -0.1) is 0 Å². The topological polar surface area (TPSA) is 140 Å². The van der Waals surface area contributed by atoms with Gasteiger partial charge in [-0.1, -0.05) is 62.8 Å². The number of benzene rings is 2. The normalized spacial score (nSPS) is 23.1. The van der Waals surface area contributed by atoms with E-state index in [-0.39, 0.29) is 64.7 Å². The minimum absolute atomic E-state index is 0. The van der Waals surface area contributed by atoms with Gasteiger partial charge >= 0.3 is 29.6 Å². The van der Waals surface area contributed by atoms with Crippen molar-refractivity contribution in [2.45, 2.75) is 132 Å².